The monoisotopic (exact) mass is 258 g/mol. The third kappa shape index (κ3) is 3.54. The van der Waals surface area contributed by atoms with E-state index < -0.39 is 10.8 Å². The van der Waals surface area contributed by atoms with Gasteiger partial charge in [-0.15, -0.1) is 0 Å². The van der Waals surface area contributed by atoms with E-state index in [1.165, 1.54) is 6.42 Å². The average Bonchev–Trinajstić information content (AvgIpc) is 2.74. The zero-order valence-electron chi connectivity index (χ0n) is 8.99. The molecule has 0 saturated carbocycles. The second-order valence-corrected chi connectivity index (χ2v) is 5.92. The molecule has 1 N–H and O–H groups in total. The first-order chi connectivity index (χ1) is 7.74. The van der Waals surface area contributed by atoms with Crippen molar-refractivity contribution in [2.24, 2.45) is 0 Å². The van der Waals surface area contributed by atoms with Gasteiger partial charge in [-0.2, -0.15) is 0 Å². The third-order valence-electron chi connectivity index (χ3n) is 2.67. The van der Waals surface area contributed by atoms with Crippen molar-refractivity contribution in [2.75, 3.05) is 12.3 Å². The summed E-state index contributed by atoms with van der Waals surface area (Å²) in [7, 11) is -0.813. The Morgan fingerprint density at radius 1 is 1.56 bits per heavy atom. The molecule has 1 aromatic heterocycles. The largest absolute Gasteiger partial charge is 0.313 e. The van der Waals surface area contributed by atoms with Gasteiger partial charge in [0.2, 0.25) is 0 Å². The molecule has 16 heavy (non-hydrogen) atoms. The molecule has 0 spiro atoms. The highest BCUT2D eigenvalue weighted by Gasteiger charge is 2.16. The number of nitrogens with one attached hydrogen (secondary N) is 1. The van der Waals surface area contributed by atoms with Crippen LogP contribution in [0.25, 0.3) is 0 Å². The smallest absolute Gasteiger partial charge is 0.129 e. The number of nitrogens with zero attached hydrogens (tertiary/aromatic N) is 1. The Morgan fingerprint density at radius 3 is 3.06 bits per heavy atom. The fourth-order valence-electron chi connectivity index (χ4n) is 1.86. The Morgan fingerprint density at radius 2 is 2.44 bits per heavy atom. The van der Waals surface area contributed by atoms with E-state index in [9.17, 15) is 4.21 Å². The van der Waals surface area contributed by atoms with Crippen molar-refractivity contribution in [1.29, 1.82) is 0 Å². The van der Waals surface area contributed by atoms with Gasteiger partial charge in [-0.1, -0.05) is 17.7 Å². The third-order valence-corrected chi connectivity index (χ3v) is 4.32. The molecule has 0 bridgehead atoms. The van der Waals surface area contributed by atoms with Crippen molar-refractivity contribution in [1.82, 2.24) is 10.3 Å². The summed E-state index contributed by atoms with van der Waals surface area (Å²) in [4.78, 5) is 3.98. The predicted octanol–water partition coefficient (Wildman–Crippen LogP) is 1.74. The van der Waals surface area contributed by atoms with Crippen LogP contribution in [-0.2, 0) is 16.6 Å². The van der Waals surface area contributed by atoms with Crippen LogP contribution in [0.1, 0.15) is 18.4 Å². The molecule has 2 rings (SSSR count). The molecule has 0 amide bonds. The van der Waals surface area contributed by atoms with Gasteiger partial charge in [-0.3, -0.25) is 4.21 Å². The second-order valence-electron chi connectivity index (χ2n) is 4.03. The molecule has 0 aliphatic carbocycles. The molecule has 1 aliphatic rings. The number of rotatable bonds is 4. The van der Waals surface area contributed by atoms with Crippen LogP contribution in [0, 0.1) is 0 Å². The Balaban J connectivity index is 1.84. The minimum absolute atomic E-state index is 0.432. The highest BCUT2D eigenvalue weighted by atomic mass is 35.5. The quantitative estimate of drug-likeness (QED) is 0.837. The van der Waals surface area contributed by atoms with E-state index in [1.54, 1.807) is 12.3 Å². The molecule has 3 nitrogen and oxygen atoms in total. The molecule has 5 heteroatoms. The minimum Gasteiger partial charge on any atom is -0.313 e. The topological polar surface area (TPSA) is 42.0 Å². The fraction of sp³-hybridized carbons (Fsp3) is 0.545. The molecule has 1 fully saturated rings. The second kappa shape index (κ2) is 5.75. The summed E-state index contributed by atoms with van der Waals surface area (Å²) in [5.41, 5.74) is 0.987. The molecule has 88 valence electrons. The molecule has 0 radical (unpaired) electrons. The normalized spacial score (nSPS) is 22.2. The zero-order valence-corrected chi connectivity index (χ0v) is 10.6. The van der Waals surface area contributed by atoms with Crippen LogP contribution in [0.2, 0.25) is 5.15 Å². The van der Waals surface area contributed by atoms with Crippen molar-refractivity contribution >= 4 is 22.4 Å². The van der Waals surface area contributed by atoms with E-state index in [2.05, 4.69) is 10.3 Å². The van der Waals surface area contributed by atoms with Crippen LogP contribution >= 0.6 is 11.6 Å². The molecule has 0 unspecified atom stereocenters. The lowest BCUT2D eigenvalue weighted by molar-refractivity contribution is 0.643. The van der Waals surface area contributed by atoms with Crippen molar-refractivity contribution in [2.45, 2.75) is 24.6 Å². The van der Waals surface area contributed by atoms with E-state index in [-0.39, 0.29) is 0 Å². The number of pyridine rings is 1. The molecular weight excluding hydrogens is 244 g/mol. The molecule has 2 heterocycles. The van der Waals surface area contributed by atoms with Crippen molar-refractivity contribution in [3.8, 4) is 0 Å². The van der Waals surface area contributed by atoms with E-state index in [0.717, 1.165) is 24.3 Å². The molecule has 0 aromatic carbocycles. The number of hydrogen-bond acceptors (Lipinski definition) is 3. The van der Waals surface area contributed by atoms with Crippen LogP contribution in [0.15, 0.2) is 18.3 Å². The maximum atomic E-state index is 11.9. The van der Waals surface area contributed by atoms with Gasteiger partial charge in [0.05, 0.1) is 5.75 Å². The SMILES string of the molecule is O=[S@@](Cc1ccc(Cl)nc1)C[C@@H]1CCCN1. The maximum Gasteiger partial charge on any atom is 0.129 e. The molecule has 1 aliphatic heterocycles. The van der Waals surface area contributed by atoms with Gasteiger partial charge in [-0.05, 0) is 31.0 Å². The first-order valence-corrected chi connectivity index (χ1v) is 7.29. The molecule has 2 atom stereocenters. The van der Waals surface area contributed by atoms with Crippen LogP contribution in [0.4, 0.5) is 0 Å². The highest BCUT2D eigenvalue weighted by Crippen LogP contribution is 2.10. The van der Waals surface area contributed by atoms with E-state index in [0.29, 0.717) is 16.9 Å². The van der Waals surface area contributed by atoms with E-state index in [4.69, 9.17) is 11.6 Å². The van der Waals surface area contributed by atoms with Crippen LogP contribution in [-0.4, -0.2) is 27.5 Å². The average molecular weight is 259 g/mol. The van der Waals surface area contributed by atoms with Crippen LogP contribution in [0.3, 0.4) is 0 Å². The minimum atomic E-state index is -0.813. The van der Waals surface area contributed by atoms with Gasteiger partial charge >= 0.3 is 0 Å². The molecule has 1 saturated heterocycles. The summed E-state index contributed by atoms with van der Waals surface area (Å²) in [6.45, 7) is 1.06. The number of hydrogen-bond donors (Lipinski definition) is 1. The number of aromatic nitrogens is 1. The number of halogens is 1. The summed E-state index contributed by atoms with van der Waals surface area (Å²) >= 11 is 5.69. The Kier molecular flexibility index (Phi) is 4.32. The Hall–Kier alpha value is -0.450. The van der Waals surface area contributed by atoms with Crippen LogP contribution < -0.4 is 5.32 Å². The lowest BCUT2D eigenvalue weighted by Crippen LogP contribution is -2.27. The fourth-order valence-corrected chi connectivity index (χ4v) is 3.37. The van der Waals surface area contributed by atoms with E-state index in [1.807, 2.05) is 6.07 Å². The summed E-state index contributed by atoms with van der Waals surface area (Å²) in [6.07, 6.45) is 4.04. The maximum absolute atomic E-state index is 11.9. The van der Waals surface area contributed by atoms with Crippen molar-refractivity contribution in [3.63, 3.8) is 0 Å². The standard InChI is InChI=1S/C11H15ClN2OS/c12-11-4-3-9(6-14-11)7-16(15)8-10-2-1-5-13-10/h3-4,6,10,13H,1-2,5,7-8H2/t10-,16-/m0/s1. The van der Waals surface area contributed by atoms with Crippen molar-refractivity contribution in [3.05, 3.63) is 29.0 Å². The summed E-state index contributed by atoms with van der Waals surface area (Å²) in [6, 6.07) is 4.05. The predicted molar refractivity (Wildman–Crippen MR) is 67.0 cm³/mol. The van der Waals surface area contributed by atoms with Gasteiger partial charge in [0.25, 0.3) is 0 Å². The Labute approximate surface area is 103 Å². The first kappa shape index (κ1) is 12.0. The van der Waals surface area contributed by atoms with Crippen LogP contribution in [0.5, 0.6) is 0 Å². The summed E-state index contributed by atoms with van der Waals surface area (Å²) in [5.74, 6) is 1.31. The van der Waals surface area contributed by atoms with Gasteiger partial charge in [-0.25, -0.2) is 4.98 Å². The molecular formula is C11H15ClN2OS. The lowest BCUT2D eigenvalue weighted by atomic mass is 10.3. The summed E-state index contributed by atoms with van der Waals surface area (Å²) in [5, 5.41) is 3.83. The summed E-state index contributed by atoms with van der Waals surface area (Å²) < 4.78 is 11.9. The van der Waals surface area contributed by atoms with Gasteiger partial charge in [0, 0.05) is 28.8 Å². The van der Waals surface area contributed by atoms with Crippen molar-refractivity contribution < 1.29 is 4.21 Å². The van der Waals surface area contributed by atoms with Gasteiger partial charge in [0.15, 0.2) is 0 Å². The van der Waals surface area contributed by atoms with Gasteiger partial charge in [0.1, 0.15) is 5.15 Å². The first-order valence-electron chi connectivity index (χ1n) is 5.43. The lowest BCUT2D eigenvalue weighted by Gasteiger charge is -2.09. The zero-order chi connectivity index (χ0) is 11.4. The molecule has 1 aromatic rings. The Bertz CT molecular complexity index is 363. The highest BCUT2D eigenvalue weighted by molar-refractivity contribution is 7.84. The van der Waals surface area contributed by atoms with E-state index >= 15 is 0 Å². The van der Waals surface area contributed by atoms with Gasteiger partial charge < -0.3 is 5.32 Å².